The molecule has 3 rings (SSSR count). The number of aliphatic carboxylic acids is 1. The van der Waals surface area contributed by atoms with E-state index in [1.165, 1.54) is 43.3 Å². The molecule has 148 valence electrons. The molecule has 0 unspecified atom stereocenters. The maximum Gasteiger partial charge on any atom is 0.322 e. The fraction of sp³-hybridized carbons (Fsp3) is 0.222. The predicted octanol–water partition coefficient (Wildman–Crippen LogP) is 1.44. The molecule has 0 saturated carbocycles. The number of nitrogens with one attached hydrogen (secondary N) is 2. The third kappa shape index (κ3) is 4.29. The van der Waals surface area contributed by atoms with E-state index in [0.29, 0.717) is 16.9 Å². The van der Waals surface area contributed by atoms with Crippen molar-refractivity contribution in [1.29, 1.82) is 0 Å². The lowest BCUT2D eigenvalue weighted by atomic mass is 10.1. The van der Waals surface area contributed by atoms with Crippen molar-refractivity contribution < 1.29 is 32.2 Å². The summed E-state index contributed by atoms with van der Waals surface area (Å²) in [5.74, 6) is -1.95. The quantitative estimate of drug-likeness (QED) is 0.665. The molecule has 3 N–H and O–H groups in total. The highest BCUT2D eigenvalue weighted by Gasteiger charge is 2.29. The van der Waals surface area contributed by atoms with Crippen LogP contribution in [-0.2, 0) is 26.0 Å². The van der Waals surface area contributed by atoms with Crippen molar-refractivity contribution in [2.24, 2.45) is 0 Å². The highest BCUT2D eigenvalue weighted by molar-refractivity contribution is 7.89. The largest absolute Gasteiger partial charge is 0.482 e. The Morgan fingerprint density at radius 3 is 2.64 bits per heavy atom. The zero-order valence-corrected chi connectivity index (χ0v) is 15.5. The number of carbonyl (C=O) groups excluding carboxylic acids is 1. The summed E-state index contributed by atoms with van der Waals surface area (Å²) < 4.78 is 46.0. The molecule has 10 heteroatoms. The van der Waals surface area contributed by atoms with Crippen LogP contribution in [0.1, 0.15) is 11.1 Å². The molecule has 8 nitrogen and oxygen atoms in total. The van der Waals surface area contributed by atoms with Crippen molar-refractivity contribution >= 4 is 27.6 Å². The number of amides is 1. The van der Waals surface area contributed by atoms with Crippen LogP contribution in [0.2, 0.25) is 0 Å². The first-order chi connectivity index (χ1) is 13.2. The second kappa shape index (κ2) is 7.56. The number of benzene rings is 2. The number of rotatable bonds is 6. The molecule has 1 atom stereocenters. The van der Waals surface area contributed by atoms with Crippen molar-refractivity contribution in [2.45, 2.75) is 24.3 Å². The summed E-state index contributed by atoms with van der Waals surface area (Å²) >= 11 is 0. The molecule has 1 heterocycles. The Hall–Kier alpha value is -2.98. The van der Waals surface area contributed by atoms with Gasteiger partial charge in [0.25, 0.3) is 5.91 Å². The van der Waals surface area contributed by atoms with Gasteiger partial charge >= 0.3 is 5.97 Å². The van der Waals surface area contributed by atoms with Crippen LogP contribution in [0, 0.1) is 12.7 Å². The number of hydrogen-bond acceptors (Lipinski definition) is 5. The lowest BCUT2D eigenvalue weighted by Crippen LogP contribution is -2.42. The van der Waals surface area contributed by atoms with Gasteiger partial charge in [-0.3, -0.25) is 9.59 Å². The second-order valence-corrected chi connectivity index (χ2v) is 7.98. The SMILES string of the molecule is Cc1cc2c(cc1S(=O)(=O)N[C@@H](Cc1ccc(F)cc1)C(=O)O)NC(=O)CO2. The molecule has 0 fully saturated rings. The van der Waals surface area contributed by atoms with Crippen molar-refractivity contribution in [2.75, 3.05) is 11.9 Å². The molecule has 0 saturated heterocycles. The summed E-state index contributed by atoms with van der Waals surface area (Å²) in [5.41, 5.74) is 0.972. The number of carboxylic acid groups (broad SMARTS) is 1. The summed E-state index contributed by atoms with van der Waals surface area (Å²) in [6, 6.07) is 6.32. The molecular formula is C18H17FN2O6S. The Labute approximate surface area is 160 Å². The van der Waals surface area contributed by atoms with Crippen LogP contribution in [0.4, 0.5) is 10.1 Å². The molecule has 0 aliphatic carbocycles. The molecule has 0 radical (unpaired) electrons. The molecule has 0 bridgehead atoms. The minimum Gasteiger partial charge on any atom is -0.482 e. The van der Waals surface area contributed by atoms with E-state index in [1.807, 2.05) is 0 Å². The molecule has 2 aromatic carbocycles. The number of carbonyl (C=O) groups is 2. The number of anilines is 1. The van der Waals surface area contributed by atoms with Crippen molar-refractivity contribution in [3.05, 3.63) is 53.3 Å². The third-order valence-electron chi connectivity index (χ3n) is 4.15. The topological polar surface area (TPSA) is 122 Å². The minimum absolute atomic E-state index is 0.168. The number of ether oxygens (including phenoxy) is 1. The number of carboxylic acids is 1. The van der Waals surface area contributed by atoms with E-state index in [4.69, 9.17) is 4.74 Å². The summed E-state index contributed by atoms with van der Waals surface area (Å²) in [6.07, 6.45) is -0.168. The van der Waals surface area contributed by atoms with Gasteiger partial charge in [-0.05, 0) is 48.7 Å². The van der Waals surface area contributed by atoms with Crippen LogP contribution < -0.4 is 14.8 Å². The zero-order valence-electron chi connectivity index (χ0n) is 14.7. The molecule has 2 aromatic rings. The van der Waals surface area contributed by atoms with Gasteiger partial charge in [0.05, 0.1) is 10.6 Å². The average molecular weight is 408 g/mol. The van der Waals surface area contributed by atoms with E-state index in [9.17, 15) is 27.5 Å². The lowest BCUT2D eigenvalue weighted by molar-refractivity contribution is -0.138. The first kappa shape index (κ1) is 19.8. The third-order valence-corrected chi connectivity index (χ3v) is 5.76. The molecule has 0 aromatic heterocycles. The van der Waals surface area contributed by atoms with E-state index in [1.54, 1.807) is 0 Å². The van der Waals surface area contributed by atoms with Crippen molar-refractivity contribution in [3.8, 4) is 5.75 Å². The van der Waals surface area contributed by atoms with E-state index in [-0.39, 0.29) is 23.6 Å². The molecule has 1 amide bonds. The summed E-state index contributed by atoms with van der Waals surface area (Å²) in [4.78, 5) is 22.8. The first-order valence-electron chi connectivity index (χ1n) is 8.22. The maximum atomic E-state index is 13.0. The van der Waals surface area contributed by atoms with E-state index < -0.39 is 33.8 Å². The summed E-state index contributed by atoms with van der Waals surface area (Å²) in [7, 11) is -4.23. The summed E-state index contributed by atoms with van der Waals surface area (Å²) in [5, 5.41) is 11.9. The van der Waals surface area contributed by atoms with Gasteiger partial charge in [0.15, 0.2) is 6.61 Å². The van der Waals surface area contributed by atoms with Gasteiger partial charge in [0.2, 0.25) is 10.0 Å². The lowest BCUT2D eigenvalue weighted by Gasteiger charge is -2.21. The van der Waals surface area contributed by atoms with E-state index in [2.05, 4.69) is 10.0 Å². The molecule has 1 aliphatic heterocycles. The Bertz CT molecular complexity index is 1040. The zero-order chi connectivity index (χ0) is 20.5. The number of fused-ring (bicyclic) bond motifs is 1. The highest BCUT2D eigenvalue weighted by Crippen LogP contribution is 2.32. The number of hydrogen-bond donors (Lipinski definition) is 3. The molecular weight excluding hydrogens is 391 g/mol. The highest BCUT2D eigenvalue weighted by atomic mass is 32.2. The Balaban J connectivity index is 1.88. The molecule has 0 spiro atoms. The Morgan fingerprint density at radius 2 is 2.00 bits per heavy atom. The fourth-order valence-corrected chi connectivity index (χ4v) is 4.23. The van der Waals surface area contributed by atoms with Crippen LogP contribution in [0.25, 0.3) is 0 Å². The van der Waals surface area contributed by atoms with Gasteiger partial charge in [0.1, 0.15) is 17.6 Å². The predicted molar refractivity (Wildman–Crippen MR) is 97.2 cm³/mol. The van der Waals surface area contributed by atoms with E-state index >= 15 is 0 Å². The second-order valence-electron chi connectivity index (χ2n) is 6.29. The molecule has 28 heavy (non-hydrogen) atoms. The standard InChI is InChI=1S/C18H17FN2O6S/c1-10-6-15-13(20-17(22)9-27-15)8-16(10)28(25,26)21-14(18(23)24)7-11-2-4-12(19)5-3-11/h2-6,8,14,21H,7,9H2,1H3,(H,20,22)(H,23,24)/t14-/m0/s1. The van der Waals surface area contributed by atoms with Crippen LogP contribution in [-0.4, -0.2) is 38.0 Å². The molecule has 1 aliphatic rings. The Morgan fingerprint density at radius 1 is 1.32 bits per heavy atom. The smallest absolute Gasteiger partial charge is 0.322 e. The van der Waals surface area contributed by atoms with Crippen LogP contribution in [0.3, 0.4) is 0 Å². The van der Waals surface area contributed by atoms with Crippen LogP contribution >= 0.6 is 0 Å². The first-order valence-corrected chi connectivity index (χ1v) is 9.71. The maximum absolute atomic E-state index is 13.0. The van der Waals surface area contributed by atoms with Gasteiger partial charge < -0.3 is 15.2 Å². The number of sulfonamides is 1. The fourth-order valence-electron chi connectivity index (χ4n) is 2.78. The number of halogens is 1. The monoisotopic (exact) mass is 408 g/mol. The minimum atomic E-state index is -4.23. The van der Waals surface area contributed by atoms with Crippen molar-refractivity contribution in [1.82, 2.24) is 4.72 Å². The Kier molecular flexibility index (Phi) is 5.34. The van der Waals surface area contributed by atoms with E-state index in [0.717, 1.165) is 0 Å². The number of aryl methyl sites for hydroxylation is 1. The van der Waals surface area contributed by atoms with Gasteiger partial charge in [-0.15, -0.1) is 0 Å². The van der Waals surface area contributed by atoms with Gasteiger partial charge in [-0.2, -0.15) is 4.72 Å². The van der Waals surface area contributed by atoms with Crippen LogP contribution in [0.5, 0.6) is 5.75 Å². The average Bonchev–Trinajstić information content (AvgIpc) is 2.62. The normalized spacial score (nSPS) is 14.6. The summed E-state index contributed by atoms with van der Waals surface area (Å²) in [6.45, 7) is 1.36. The van der Waals surface area contributed by atoms with Gasteiger partial charge in [0, 0.05) is 0 Å². The van der Waals surface area contributed by atoms with Gasteiger partial charge in [-0.25, -0.2) is 12.8 Å². The van der Waals surface area contributed by atoms with Crippen LogP contribution in [0.15, 0.2) is 41.3 Å². The van der Waals surface area contributed by atoms with Gasteiger partial charge in [-0.1, -0.05) is 12.1 Å². The van der Waals surface area contributed by atoms with Crippen molar-refractivity contribution in [3.63, 3.8) is 0 Å².